The molecule has 0 amide bonds. The molecule has 21 heavy (non-hydrogen) atoms. The Morgan fingerprint density at radius 1 is 1.43 bits per heavy atom. The van der Waals surface area contributed by atoms with Crippen molar-refractivity contribution in [3.05, 3.63) is 34.6 Å². The Kier molecular flexibility index (Phi) is 3.22. The zero-order valence-corrected chi connectivity index (χ0v) is 10.9. The normalized spacial score (nSPS) is 11.2. The fourth-order valence-corrected chi connectivity index (χ4v) is 2.55. The highest BCUT2D eigenvalue weighted by Crippen LogP contribution is 2.38. The number of aromatic amines is 1. The van der Waals surface area contributed by atoms with Gasteiger partial charge < -0.3 is 4.74 Å². The van der Waals surface area contributed by atoms with E-state index in [2.05, 4.69) is 19.3 Å². The minimum atomic E-state index is -3.05. The molecule has 0 saturated carbocycles. The Bertz CT molecular complexity index is 817. The molecule has 3 rings (SSSR count). The summed E-state index contributed by atoms with van der Waals surface area (Å²) in [6.07, 6.45) is 2.62. The molecule has 0 aliphatic heterocycles. The van der Waals surface area contributed by atoms with Gasteiger partial charge in [0.2, 0.25) is 0 Å². The van der Waals surface area contributed by atoms with Crippen LogP contribution in [0.4, 0.5) is 14.5 Å². The molecule has 0 aliphatic carbocycles. The van der Waals surface area contributed by atoms with E-state index in [1.165, 1.54) is 18.3 Å². The van der Waals surface area contributed by atoms with Crippen molar-refractivity contribution in [2.45, 2.75) is 6.61 Å². The van der Waals surface area contributed by atoms with Crippen LogP contribution in [0.15, 0.2) is 24.5 Å². The topological polar surface area (TPSA) is 93.9 Å². The molecule has 2 heterocycles. The van der Waals surface area contributed by atoms with Crippen LogP contribution < -0.4 is 4.74 Å². The van der Waals surface area contributed by atoms with E-state index in [0.717, 1.165) is 17.7 Å². The molecule has 7 nitrogen and oxygen atoms in total. The Balaban J connectivity index is 2.23. The average Bonchev–Trinajstić information content (AvgIpc) is 3.04. The van der Waals surface area contributed by atoms with Crippen molar-refractivity contribution in [1.29, 1.82) is 0 Å². The van der Waals surface area contributed by atoms with E-state index in [1.807, 2.05) is 0 Å². The predicted molar refractivity (Wildman–Crippen MR) is 70.5 cm³/mol. The number of hydrogen-bond acceptors (Lipinski definition) is 6. The number of ether oxygens (including phenoxy) is 1. The Morgan fingerprint density at radius 2 is 2.24 bits per heavy atom. The number of halogens is 2. The molecule has 0 radical (unpaired) electrons. The van der Waals surface area contributed by atoms with Crippen molar-refractivity contribution in [2.24, 2.45) is 0 Å². The summed E-state index contributed by atoms with van der Waals surface area (Å²) in [5, 5.41) is 17.7. The lowest BCUT2D eigenvalue weighted by atomic mass is 10.1. The first-order valence-corrected chi connectivity index (χ1v) is 6.35. The SMILES string of the molecule is O=[N+]([O-])c1c[nH]nc1-c1cc2cnsc2cc1OC(F)F. The van der Waals surface area contributed by atoms with Gasteiger partial charge in [0.15, 0.2) is 5.69 Å². The van der Waals surface area contributed by atoms with Crippen LogP contribution in [0, 0.1) is 10.1 Å². The molecule has 0 fully saturated rings. The largest absolute Gasteiger partial charge is 0.434 e. The lowest BCUT2D eigenvalue weighted by Gasteiger charge is -2.09. The minimum absolute atomic E-state index is 0.0660. The van der Waals surface area contributed by atoms with Crippen molar-refractivity contribution in [1.82, 2.24) is 14.6 Å². The van der Waals surface area contributed by atoms with Crippen LogP contribution in [0.25, 0.3) is 21.3 Å². The summed E-state index contributed by atoms with van der Waals surface area (Å²) in [7, 11) is 0. The van der Waals surface area contributed by atoms with Crippen molar-refractivity contribution in [3.8, 4) is 17.0 Å². The highest BCUT2D eigenvalue weighted by molar-refractivity contribution is 7.13. The molecule has 0 bridgehead atoms. The molecular weight excluding hydrogens is 306 g/mol. The van der Waals surface area contributed by atoms with Crippen LogP contribution in [-0.2, 0) is 0 Å². The standard InChI is InChI=1S/C11H6F2N4O3S/c12-11(13)20-8-2-9-5(3-15-21-9)1-6(8)10-7(17(18)19)4-14-16-10/h1-4,11H,(H,14,16). The number of nitrogens with one attached hydrogen (secondary N) is 1. The van der Waals surface area contributed by atoms with E-state index in [4.69, 9.17) is 0 Å². The Hall–Kier alpha value is -2.62. The fraction of sp³-hybridized carbons (Fsp3) is 0.0909. The van der Waals surface area contributed by atoms with Crippen molar-refractivity contribution in [3.63, 3.8) is 0 Å². The Labute approximate surface area is 119 Å². The third-order valence-corrected chi connectivity index (χ3v) is 3.50. The summed E-state index contributed by atoms with van der Waals surface area (Å²) in [4.78, 5) is 10.3. The molecule has 10 heteroatoms. The monoisotopic (exact) mass is 312 g/mol. The molecule has 2 aromatic heterocycles. The summed E-state index contributed by atoms with van der Waals surface area (Å²) in [5.41, 5.74) is -0.281. The molecule has 0 aliphatic rings. The first-order chi connectivity index (χ1) is 10.1. The van der Waals surface area contributed by atoms with Gasteiger partial charge >= 0.3 is 12.3 Å². The lowest BCUT2D eigenvalue weighted by Crippen LogP contribution is -2.03. The van der Waals surface area contributed by atoms with E-state index < -0.39 is 11.5 Å². The second-order valence-electron chi connectivity index (χ2n) is 3.97. The number of rotatable bonds is 4. The average molecular weight is 312 g/mol. The number of H-pyrrole nitrogens is 1. The highest BCUT2D eigenvalue weighted by Gasteiger charge is 2.23. The summed E-state index contributed by atoms with van der Waals surface area (Å²) in [5.74, 6) is -0.183. The van der Waals surface area contributed by atoms with E-state index in [-0.39, 0.29) is 22.7 Å². The Morgan fingerprint density at radius 3 is 2.95 bits per heavy atom. The zero-order valence-electron chi connectivity index (χ0n) is 10.1. The highest BCUT2D eigenvalue weighted by atomic mass is 32.1. The third kappa shape index (κ3) is 2.40. The first-order valence-electron chi connectivity index (χ1n) is 5.58. The van der Waals surface area contributed by atoms with Crippen LogP contribution in [0.3, 0.4) is 0 Å². The van der Waals surface area contributed by atoms with Crippen molar-refractivity contribution >= 4 is 27.3 Å². The number of nitrogens with zero attached hydrogens (tertiary/aromatic N) is 3. The number of nitro groups is 1. The minimum Gasteiger partial charge on any atom is -0.434 e. The van der Waals surface area contributed by atoms with Crippen LogP contribution in [0.1, 0.15) is 0 Å². The summed E-state index contributed by atoms with van der Waals surface area (Å²) in [6, 6.07) is 2.85. The van der Waals surface area contributed by atoms with Gasteiger partial charge in [-0.25, -0.2) is 0 Å². The van der Waals surface area contributed by atoms with Gasteiger partial charge in [0.05, 0.1) is 15.2 Å². The van der Waals surface area contributed by atoms with Gasteiger partial charge in [-0.15, -0.1) is 0 Å². The lowest BCUT2D eigenvalue weighted by molar-refractivity contribution is -0.384. The molecule has 0 unspecified atom stereocenters. The van der Waals surface area contributed by atoms with Crippen LogP contribution in [-0.4, -0.2) is 26.1 Å². The maximum Gasteiger partial charge on any atom is 0.387 e. The quantitative estimate of drug-likeness (QED) is 0.589. The molecule has 0 atom stereocenters. The van der Waals surface area contributed by atoms with Gasteiger partial charge in [0.25, 0.3) is 0 Å². The molecule has 1 aromatic carbocycles. The molecule has 0 spiro atoms. The van der Waals surface area contributed by atoms with E-state index in [9.17, 15) is 18.9 Å². The maximum atomic E-state index is 12.5. The van der Waals surface area contributed by atoms with Gasteiger partial charge in [-0.05, 0) is 17.6 Å². The molecule has 0 saturated heterocycles. The smallest absolute Gasteiger partial charge is 0.387 e. The molecule has 108 valence electrons. The number of hydrogen-bond donors (Lipinski definition) is 1. The second kappa shape index (κ2) is 5.05. The number of benzene rings is 1. The summed E-state index contributed by atoms with van der Waals surface area (Å²) >= 11 is 1.11. The van der Waals surface area contributed by atoms with Gasteiger partial charge in [0, 0.05) is 17.6 Å². The number of aromatic nitrogens is 3. The maximum absolute atomic E-state index is 12.5. The van der Waals surface area contributed by atoms with E-state index in [1.54, 1.807) is 0 Å². The van der Waals surface area contributed by atoms with Gasteiger partial charge in [-0.2, -0.15) is 18.3 Å². The number of fused-ring (bicyclic) bond motifs is 1. The van der Waals surface area contributed by atoms with Gasteiger partial charge in [0.1, 0.15) is 11.9 Å². The van der Waals surface area contributed by atoms with Crippen LogP contribution in [0.5, 0.6) is 5.75 Å². The van der Waals surface area contributed by atoms with Crippen molar-refractivity contribution < 1.29 is 18.4 Å². The molecular formula is C11H6F2N4O3S. The summed E-state index contributed by atoms with van der Waals surface area (Å²) in [6.45, 7) is -3.05. The van der Waals surface area contributed by atoms with E-state index in [0.29, 0.717) is 10.1 Å². The second-order valence-corrected chi connectivity index (χ2v) is 4.80. The zero-order chi connectivity index (χ0) is 15.0. The van der Waals surface area contributed by atoms with Crippen LogP contribution in [0.2, 0.25) is 0 Å². The predicted octanol–water partition coefficient (Wildman–Crippen LogP) is 3.20. The van der Waals surface area contributed by atoms with Crippen LogP contribution >= 0.6 is 11.5 Å². The van der Waals surface area contributed by atoms with Crippen molar-refractivity contribution in [2.75, 3.05) is 0 Å². The third-order valence-electron chi connectivity index (χ3n) is 2.74. The van der Waals surface area contributed by atoms with Gasteiger partial charge in [-0.3, -0.25) is 15.2 Å². The fourth-order valence-electron chi connectivity index (χ4n) is 1.90. The number of alkyl halides is 2. The molecule has 3 aromatic rings. The molecule has 1 N–H and O–H groups in total. The van der Waals surface area contributed by atoms with Gasteiger partial charge in [-0.1, -0.05) is 0 Å². The first kappa shape index (κ1) is 13.4. The van der Waals surface area contributed by atoms with E-state index >= 15 is 0 Å². The summed E-state index contributed by atoms with van der Waals surface area (Å²) < 4.78 is 34.1.